The average Bonchev–Trinajstić information content (AvgIpc) is 2.25. The molecule has 5 heteroatoms. The number of hydrogen-bond donors (Lipinski definition) is 3. The number of rotatable bonds is 5. The highest BCUT2D eigenvalue weighted by Gasteiger charge is 2.06. The van der Waals surface area contributed by atoms with E-state index < -0.39 is 0 Å². The van der Waals surface area contributed by atoms with E-state index in [1.807, 2.05) is 13.8 Å². The molecule has 1 aromatic rings. The largest absolute Gasteiger partial charge is 0.395 e. The maximum absolute atomic E-state index is 11.6. The van der Waals surface area contributed by atoms with E-state index in [2.05, 4.69) is 15.6 Å². The fourth-order valence-electron chi connectivity index (χ4n) is 1.22. The molecule has 1 amide bonds. The molecule has 0 aromatic carbocycles. The summed E-state index contributed by atoms with van der Waals surface area (Å²) < 4.78 is 0. The van der Waals surface area contributed by atoms with Gasteiger partial charge in [0.2, 0.25) is 0 Å². The van der Waals surface area contributed by atoms with Gasteiger partial charge < -0.3 is 15.7 Å². The summed E-state index contributed by atoms with van der Waals surface area (Å²) >= 11 is 0. The Morgan fingerprint density at radius 2 is 2.31 bits per heavy atom. The zero-order valence-corrected chi connectivity index (χ0v) is 9.53. The molecule has 88 valence electrons. The minimum Gasteiger partial charge on any atom is -0.395 e. The van der Waals surface area contributed by atoms with Gasteiger partial charge in [0, 0.05) is 24.3 Å². The van der Waals surface area contributed by atoms with Crippen molar-refractivity contribution in [2.75, 3.05) is 18.5 Å². The zero-order valence-electron chi connectivity index (χ0n) is 9.53. The van der Waals surface area contributed by atoms with Gasteiger partial charge in [-0.3, -0.25) is 4.79 Å². The minimum absolute atomic E-state index is 0.0616. The van der Waals surface area contributed by atoms with E-state index in [-0.39, 0.29) is 25.1 Å². The Hall–Kier alpha value is -1.62. The number of aromatic nitrogens is 1. The lowest BCUT2D eigenvalue weighted by molar-refractivity contribution is 0.0944. The van der Waals surface area contributed by atoms with Crippen molar-refractivity contribution < 1.29 is 9.90 Å². The maximum Gasteiger partial charge on any atom is 0.251 e. The fourth-order valence-corrected chi connectivity index (χ4v) is 1.22. The summed E-state index contributed by atoms with van der Waals surface area (Å²) in [5.41, 5.74) is 0.534. The first kappa shape index (κ1) is 12.4. The number of carbonyl (C=O) groups is 1. The number of nitrogens with zero attached hydrogens (tertiary/aromatic N) is 1. The Morgan fingerprint density at radius 1 is 1.56 bits per heavy atom. The third-order valence-corrected chi connectivity index (χ3v) is 1.86. The number of aliphatic hydroxyl groups excluding tert-OH is 1. The van der Waals surface area contributed by atoms with Gasteiger partial charge in [0.25, 0.3) is 5.91 Å². The van der Waals surface area contributed by atoms with Crippen LogP contribution in [0.5, 0.6) is 0 Å². The molecular weight excluding hydrogens is 206 g/mol. The molecule has 0 unspecified atom stereocenters. The molecule has 0 spiro atoms. The number of hydrogen-bond acceptors (Lipinski definition) is 4. The van der Waals surface area contributed by atoms with Gasteiger partial charge in [-0.1, -0.05) is 0 Å². The molecule has 0 fully saturated rings. The first-order chi connectivity index (χ1) is 7.63. The molecule has 16 heavy (non-hydrogen) atoms. The monoisotopic (exact) mass is 223 g/mol. The fraction of sp³-hybridized carbons (Fsp3) is 0.455. The highest BCUT2D eigenvalue weighted by Crippen LogP contribution is 2.07. The summed E-state index contributed by atoms with van der Waals surface area (Å²) in [5, 5.41) is 14.3. The van der Waals surface area contributed by atoms with Crippen LogP contribution in [0, 0.1) is 0 Å². The molecule has 0 aliphatic heterocycles. The second kappa shape index (κ2) is 6.07. The molecule has 3 N–H and O–H groups in total. The smallest absolute Gasteiger partial charge is 0.251 e. The first-order valence-corrected chi connectivity index (χ1v) is 5.25. The van der Waals surface area contributed by atoms with Crippen LogP contribution >= 0.6 is 0 Å². The molecule has 1 heterocycles. The molecule has 0 aliphatic rings. The van der Waals surface area contributed by atoms with Gasteiger partial charge in [-0.25, -0.2) is 4.98 Å². The Balaban J connectivity index is 2.69. The van der Waals surface area contributed by atoms with E-state index in [0.717, 1.165) is 0 Å². The van der Waals surface area contributed by atoms with E-state index in [1.54, 1.807) is 18.3 Å². The van der Waals surface area contributed by atoms with Crippen LogP contribution in [0.3, 0.4) is 0 Å². The van der Waals surface area contributed by atoms with Crippen LogP contribution in [-0.2, 0) is 0 Å². The van der Waals surface area contributed by atoms with Crippen molar-refractivity contribution in [3.63, 3.8) is 0 Å². The lowest BCUT2D eigenvalue weighted by atomic mass is 10.2. The Kier molecular flexibility index (Phi) is 4.72. The van der Waals surface area contributed by atoms with Gasteiger partial charge in [-0.15, -0.1) is 0 Å². The standard InChI is InChI=1S/C11H17N3O2/c1-8(2)14-10-7-9(3-4-12-10)11(16)13-5-6-15/h3-4,7-8,15H,5-6H2,1-2H3,(H,12,14)(H,13,16). The van der Waals surface area contributed by atoms with Crippen molar-refractivity contribution in [1.82, 2.24) is 10.3 Å². The van der Waals surface area contributed by atoms with Gasteiger partial charge in [-0.2, -0.15) is 0 Å². The lowest BCUT2D eigenvalue weighted by Crippen LogP contribution is -2.26. The SMILES string of the molecule is CC(C)Nc1cc(C(=O)NCCO)ccn1. The number of pyridine rings is 1. The molecule has 5 nitrogen and oxygen atoms in total. The second-order valence-corrected chi connectivity index (χ2v) is 3.71. The number of amides is 1. The van der Waals surface area contributed by atoms with Crippen LogP contribution in [0.15, 0.2) is 18.3 Å². The molecule has 0 bridgehead atoms. The number of carbonyl (C=O) groups excluding carboxylic acids is 1. The van der Waals surface area contributed by atoms with Gasteiger partial charge in [0.1, 0.15) is 5.82 Å². The molecule has 0 atom stereocenters. The molecule has 0 aliphatic carbocycles. The van der Waals surface area contributed by atoms with Crippen LogP contribution in [0.4, 0.5) is 5.82 Å². The van der Waals surface area contributed by atoms with Crippen LogP contribution < -0.4 is 10.6 Å². The first-order valence-electron chi connectivity index (χ1n) is 5.25. The van der Waals surface area contributed by atoms with E-state index in [0.29, 0.717) is 11.4 Å². The molecule has 0 saturated heterocycles. The predicted molar refractivity (Wildman–Crippen MR) is 62.4 cm³/mol. The Bertz CT molecular complexity index is 353. The van der Waals surface area contributed by atoms with Crippen LogP contribution in [0.25, 0.3) is 0 Å². The summed E-state index contributed by atoms with van der Waals surface area (Å²) in [5.74, 6) is 0.468. The third-order valence-electron chi connectivity index (χ3n) is 1.86. The lowest BCUT2D eigenvalue weighted by Gasteiger charge is -2.10. The van der Waals surface area contributed by atoms with Crippen molar-refractivity contribution in [2.24, 2.45) is 0 Å². The summed E-state index contributed by atoms with van der Waals surface area (Å²) in [6, 6.07) is 3.59. The van der Waals surface area contributed by atoms with Crippen molar-refractivity contribution >= 4 is 11.7 Å². The summed E-state index contributed by atoms with van der Waals surface area (Å²) in [4.78, 5) is 15.7. The van der Waals surface area contributed by atoms with Crippen molar-refractivity contribution in [3.05, 3.63) is 23.9 Å². The van der Waals surface area contributed by atoms with Gasteiger partial charge in [0.15, 0.2) is 0 Å². The molecule has 0 saturated carbocycles. The second-order valence-electron chi connectivity index (χ2n) is 3.71. The van der Waals surface area contributed by atoms with Crippen LogP contribution in [-0.4, -0.2) is 35.2 Å². The van der Waals surface area contributed by atoms with Crippen molar-refractivity contribution in [1.29, 1.82) is 0 Å². The van der Waals surface area contributed by atoms with Crippen LogP contribution in [0.1, 0.15) is 24.2 Å². The van der Waals surface area contributed by atoms with E-state index in [1.165, 1.54) is 0 Å². The van der Waals surface area contributed by atoms with Gasteiger partial charge >= 0.3 is 0 Å². The Labute approximate surface area is 94.9 Å². The van der Waals surface area contributed by atoms with Gasteiger partial charge in [0.05, 0.1) is 6.61 Å². The predicted octanol–water partition coefficient (Wildman–Crippen LogP) is 0.624. The third kappa shape index (κ3) is 3.86. The quantitative estimate of drug-likeness (QED) is 0.684. The summed E-state index contributed by atoms with van der Waals surface area (Å²) in [6.07, 6.45) is 1.58. The van der Waals surface area contributed by atoms with E-state index >= 15 is 0 Å². The summed E-state index contributed by atoms with van der Waals surface area (Å²) in [6.45, 7) is 4.20. The minimum atomic E-state index is -0.205. The number of anilines is 1. The number of nitrogens with one attached hydrogen (secondary N) is 2. The maximum atomic E-state index is 11.6. The zero-order chi connectivity index (χ0) is 12.0. The topological polar surface area (TPSA) is 74.2 Å². The molecular formula is C11H17N3O2. The van der Waals surface area contributed by atoms with E-state index in [4.69, 9.17) is 5.11 Å². The van der Waals surface area contributed by atoms with Crippen molar-refractivity contribution in [2.45, 2.75) is 19.9 Å². The Morgan fingerprint density at radius 3 is 2.94 bits per heavy atom. The highest BCUT2D eigenvalue weighted by atomic mass is 16.3. The molecule has 1 aromatic heterocycles. The van der Waals surface area contributed by atoms with Gasteiger partial charge in [-0.05, 0) is 26.0 Å². The number of aliphatic hydroxyl groups is 1. The van der Waals surface area contributed by atoms with E-state index in [9.17, 15) is 4.79 Å². The normalized spacial score (nSPS) is 10.2. The van der Waals surface area contributed by atoms with Crippen LogP contribution in [0.2, 0.25) is 0 Å². The molecule has 0 radical (unpaired) electrons. The summed E-state index contributed by atoms with van der Waals surface area (Å²) in [7, 11) is 0. The molecule has 1 rings (SSSR count). The highest BCUT2D eigenvalue weighted by molar-refractivity contribution is 5.94. The average molecular weight is 223 g/mol. The van der Waals surface area contributed by atoms with Crippen molar-refractivity contribution in [3.8, 4) is 0 Å².